The molecule has 2 rings (SSSR count). The van der Waals surface area contributed by atoms with Gasteiger partial charge in [0, 0.05) is 18.1 Å². The number of nitrogens with one attached hydrogen (secondary N) is 1. The summed E-state index contributed by atoms with van der Waals surface area (Å²) in [6.45, 7) is 4.91. The van der Waals surface area contributed by atoms with Gasteiger partial charge in [-0.05, 0) is 45.0 Å². The second kappa shape index (κ2) is 9.05. The fourth-order valence-electron chi connectivity index (χ4n) is 2.46. The normalized spacial score (nSPS) is 12.0. The van der Waals surface area contributed by atoms with E-state index in [4.69, 9.17) is 9.47 Å². The van der Waals surface area contributed by atoms with Crippen molar-refractivity contribution in [3.05, 3.63) is 64.2 Å². The smallest absolute Gasteiger partial charge is 0.408 e. The lowest BCUT2D eigenvalue weighted by atomic mass is 10.0. The fraction of sp³-hybridized carbons (Fsp3) is 0.300. The maximum atomic E-state index is 11.9. The zero-order valence-electron chi connectivity index (χ0n) is 16.2. The van der Waals surface area contributed by atoms with Crippen molar-refractivity contribution >= 4 is 17.7 Å². The molecule has 0 bridgehead atoms. The van der Waals surface area contributed by atoms with E-state index in [1.165, 1.54) is 18.2 Å². The first-order chi connectivity index (χ1) is 13.5. The van der Waals surface area contributed by atoms with Crippen molar-refractivity contribution in [3.63, 3.8) is 0 Å². The van der Waals surface area contributed by atoms with Crippen molar-refractivity contribution in [2.24, 2.45) is 0 Å². The molecule has 0 aliphatic carbocycles. The van der Waals surface area contributed by atoms with Gasteiger partial charge in [-0.25, -0.2) is 9.59 Å². The van der Waals surface area contributed by atoms with Crippen LogP contribution in [0.15, 0.2) is 48.5 Å². The minimum absolute atomic E-state index is 0.104. The Morgan fingerprint density at radius 2 is 1.79 bits per heavy atom. The third kappa shape index (κ3) is 6.80. The third-order valence-corrected chi connectivity index (χ3v) is 3.64. The fourth-order valence-corrected chi connectivity index (χ4v) is 2.46. The Morgan fingerprint density at radius 1 is 1.14 bits per heavy atom. The van der Waals surface area contributed by atoms with Gasteiger partial charge in [0.25, 0.3) is 5.69 Å². The van der Waals surface area contributed by atoms with E-state index in [0.29, 0.717) is 11.5 Å². The highest BCUT2D eigenvalue weighted by Gasteiger charge is 2.27. The summed E-state index contributed by atoms with van der Waals surface area (Å²) in [5.74, 6) is -0.522. The number of alkyl carbamates (subject to hydrolysis) is 1. The van der Waals surface area contributed by atoms with Gasteiger partial charge in [0.05, 0.1) is 4.92 Å². The molecule has 1 atom stereocenters. The number of amides is 1. The van der Waals surface area contributed by atoms with E-state index < -0.39 is 28.6 Å². The van der Waals surface area contributed by atoms with Crippen molar-refractivity contribution < 1.29 is 29.1 Å². The second-order valence-electron chi connectivity index (χ2n) is 7.20. The number of carboxylic acids is 1. The zero-order valence-corrected chi connectivity index (χ0v) is 16.2. The summed E-state index contributed by atoms with van der Waals surface area (Å²) in [4.78, 5) is 34.3. The molecule has 9 heteroatoms. The first-order valence-electron chi connectivity index (χ1n) is 8.77. The van der Waals surface area contributed by atoms with Crippen LogP contribution in [0.2, 0.25) is 0 Å². The summed E-state index contributed by atoms with van der Waals surface area (Å²) in [6.07, 6.45) is -1.25. The minimum atomic E-state index is -1.42. The molecule has 0 aliphatic heterocycles. The van der Waals surface area contributed by atoms with Crippen LogP contribution in [0.4, 0.5) is 10.5 Å². The van der Waals surface area contributed by atoms with Crippen LogP contribution in [-0.2, 0) is 16.0 Å². The topological polar surface area (TPSA) is 128 Å². The van der Waals surface area contributed by atoms with E-state index in [-0.39, 0.29) is 17.7 Å². The molecule has 0 fully saturated rings. The molecule has 0 heterocycles. The first kappa shape index (κ1) is 21.7. The lowest BCUT2D eigenvalue weighted by Crippen LogP contribution is -2.44. The van der Waals surface area contributed by atoms with Gasteiger partial charge < -0.3 is 19.9 Å². The van der Waals surface area contributed by atoms with Gasteiger partial charge in [-0.2, -0.15) is 0 Å². The monoisotopic (exact) mass is 402 g/mol. The van der Waals surface area contributed by atoms with Crippen molar-refractivity contribution in [1.29, 1.82) is 0 Å². The number of nitro benzene ring substituents is 1. The minimum Gasteiger partial charge on any atom is -0.480 e. The van der Waals surface area contributed by atoms with E-state index in [1.54, 1.807) is 45.0 Å². The van der Waals surface area contributed by atoms with E-state index in [0.717, 1.165) is 0 Å². The van der Waals surface area contributed by atoms with Gasteiger partial charge in [0.2, 0.25) is 0 Å². The lowest BCUT2D eigenvalue weighted by Gasteiger charge is -2.22. The Morgan fingerprint density at radius 3 is 2.34 bits per heavy atom. The van der Waals surface area contributed by atoms with Crippen LogP contribution in [-0.4, -0.2) is 33.7 Å². The number of hydrogen-bond acceptors (Lipinski definition) is 6. The number of carbonyl (C=O) groups is 2. The van der Waals surface area contributed by atoms with Crippen molar-refractivity contribution in [3.8, 4) is 11.5 Å². The third-order valence-electron chi connectivity index (χ3n) is 3.64. The molecule has 0 saturated carbocycles. The number of nitro groups is 1. The summed E-state index contributed by atoms with van der Waals surface area (Å²) in [6, 6.07) is 11.4. The number of carbonyl (C=O) groups excluding carboxylic acids is 1. The highest BCUT2D eigenvalue weighted by Crippen LogP contribution is 2.28. The average molecular weight is 402 g/mol. The number of aliphatic carboxylic acids is 1. The number of nitrogens with zero attached hydrogens (tertiary/aromatic N) is 1. The Labute approximate surface area is 167 Å². The van der Waals surface area contributed by atoms with E-state index in [2.05, 4.69) is 5.32 Å². The number of benzene rings is 2. The molecule has 9 nitrogen and oxygen atoms in total. The Kier molecular flexibility index (Phi) is 6.76. The summed E-state index contributed by atoms with van der Waals surface area (Å²) < 4.78 is 10.7. The second-order valence-corrected chi connectivity index (χ2v) is 7.20. The highest BCUT2D eigenvalue weighted by atomic mass is 16.6. The van der Waals surface area contributed by atoms with E-state index in [9.17, 15) is 24.8 Å². The molecule has 2 aromatic carbocycles. The van der Waals surface area contributed by atoms with Crippen LogP contribution in [0.5, 0.6) is 11.5 Å². The molecule has 29 heavy (non-hydrogen) atoms. The van der Waals surface area contributed by atoms with Gasteiger partial charge in [-0.1, -0.05) is 18.2 Å². The van der Waals surface area contributed by atoms with Crippen LogP contribution >= 0.6 is 0 Å². The van der Waals surface area contributed by atoms with Gasteiger partial charge >= 0.3 is 12.1 Å². The van der Waals surface area contributed by atoms with Crippen LogP contribution in [0.3, 0.4) is 0 Å². The van der Waals surface area contributed by atoms with Crippen LogP contribution in [0.1, 0.15) is 26.3 Å². The number of rotatable bonds is 7. The number of carboxylic acid groups (broad SMARTS) is 1. The zero-order chi connectivity index (χ0) is 21.6. The maximum Gasteiger partial charge on any atom is 0.408 e. The summed E-state index contributed by atoms with van der Waals surface area (Å²) in [5.41, 5.74) is -0.989. The largest absolute Gasteiger partial charge is 0.480 e. The van der Waals surface area contributed by atoms with Gasteiger partial charge in [0.15, 0.2) is 0 Å². The van der Waals surface area contributed by atoms with E-state index in [1.807, 2.05) is 6.07 Å². The Balaban J connectivity index is 2.26. The molecule has 154 valence electrons. The molecule has 0 aromatic heterocycles. The summed E-state index contributed by atoms with van der Waals surface area (Å²) >= 11 is 0. The van der Waals surface area contributed by atoms with E-state index >= 15 is 0 Å². The molecule has 0 radical (unpaired) electrons. The molecular formula is C20H22N2O7. The SMILES string of the molecule is CC(C)(C)OC(=O)N[C@@H](Cc1cc(Oc2ccccc2)ccc1[N+](=O)[O-])C(=O)O. The maximum absolute atomic E-state index is 11.9. The molecule has 0 saturated heterocycles. The standard InChI is InChI=1S/C20H22N2O7/c1-20(2,3)29-19(25)21-16(18(23)24)12-13-11-15(9-10-17(13)22(26)27)28-14-7-5-4-6-8-14/h4-11,16H,12H2,1-3H3,(H,21,25)(H,23,24)/t16-/m0/s1. The van der Waals surface area contributed by atoms with Crippen LogP contribution in [0.25, 0.3) is 0 Å². The molecular weight excluding hydrogens is 380 g/mol. The first-order valence-corrected chi connectivity index (χ1v) is 8.77. The predicted molar refractivity (Wildman–Crippen MR) is 104 cm³/mol. The molecule has 1 amide bonds. The number of ether oxygens (including phenoxy) is 2. The lowest BCUT2D eigenvalue weighted by molar-refractivity contribution is -0.385. The predicted octanol–water partition coefficient (Wildman–Crippen LogP) is 3.91. The van der Waals surface area contributed by atoms with Crippen LogP contribution in [0, 0.1) is 10.1 Å². The number of para-hydroxylation sites is 1. The Bertz CT molecular complexity index is 891. The van der Waals surface area contributed by atoms with Crippen molar-refractivity contribution in [2.75, 3.05) is 0 Å². The Hall–Kier alpha value is -3.62. The molecule has 0 spiro atoms. The average Bonchev–Trinajstić information content (AvgIpc) is 2.60. The molecule has 2 N–H and O–H groups in total. The molecule has 2 aromatic rings. The highest BCUT2D eigenvalue weighted by molar-refractivity contribution is 5.80. The number of hydrogen-bond donors (Lipinski definition) is 2. The van der Waals surface area contributed by atoms with Gasteiger partial charge in [0.1, 0.15) is 23.1 Å². The van der Waals surface area contributed by atoms with Crippen molar-refractivity contribution in [1.82, 2.24) is 5.32 Å². The summed E-state index contributed by atoms with van der Waals surface area (Å²) in [5, 5.41) is 23.0. The molecule has 0 aliphatic rings. The van der Waals surface area contributed by atoms with Gasteiger partial charge in [-0.15, -0.1) is 0 Å². The van der Waals surface area contributed by atoms with Crippen molar-refractivity contribution in [2.45, 2.75) is 38.8 Å². The quantitative estimate of drug-likeness (QED) is 0.531. The van der Waals surface area contributed by atoms with Gasteiger partial charge in [-0.3, -0.25) is 10.1 Å². The molecule has 0 unspecified atom stereocenters. The van der Waals surface area contributed by atoms with Crippen LogP contribution < -0.4 is 10.1 Å². The summed E-state index contributed by atoms with van der Waals surface area (Å²) in [7, 11) is 0.